The van der Waals surface area contributed by atoms with Gasteiger partial charge in [-0.3, -0.25) is 0 Å². The average Bonchev–Trinajstić information content (AvgIpc) is 2.90. The van der Waals surface area contributed by atoms with E-state index < -0.39 is 0 Å². The van der Waals surface area contributed by atoms with Crippen molar-refractivity contribution in [3.05, 3.63) is 11.9 Å². The summed E-state index contributed by atoms with van der Waals surface area (Å²) in [5.74, 6) is 2.74. The summed E-state index contributed by atoms with van der Waals surface area (Å²) >= 11 is 0. The van der Waals surface area contributed by atoms with Crippen LogP contribution in [-0.4, -0.2) is 42.8 Å². The molecule has 112 valence electrons. The van der Waals surface area contributed by atoms with Crippen molar-refractivity contribution >= 4 is 11.6 Å². The minimum Gasteiger partial charge on any atom is -0.379 e. The van der Waals surface area contributed by atoms with E-state index in [-0.39, 0.29) is 5.41 Å². The average molecular weight is 278 g/mol. The quantitative estimate of drug-likeness (QED) is 0.916. The van der Waals surface area contributed by atoms with E-state index >= 15 is 0 Å². The maximum atomic E-state index is 5.47. The third-order valence-corrected chi connectivity index (χ3v) is 3.56. The first-order valence-electron chi connectivity index (χ1n) is 7.36. The number of nitrogens with zero attached hydrogens (tertiary/aromatic N) is 3. The van der Waals surface area contributed by atoms with E-state index in [2.05, 4.69) is 49.9 Å². The van der Waals surface area contributed by atoms with Crippen molar-refractivity contribution in [1.29, 1.82) is 0 Å². The Balaban J connectivity index is 2.32. The minimum absolute atomic E-state index is 0.0623. The van der Waals surface area contributed by atoms with Crippen molar-refractivity contribution in [2.24, 2.45) is 0 Å². The number of ether oxygens (including phenoxy) is 1. The first kappa shape index (κ1) is 15.0. The monoisotopic (exact) mass is 278 g/mol. The van der Waals surface area contributed by atoms with Gasteiger partial charge in [-0.25, -0.2) is 9.97 Å². The summed E-state index contributed by atoms with van der Waals surface area (Å²) in [5.41, 5.74) is -0.0623. The zero-order valence-corrected chi connectivity index (χ0v) is 13.2. The molecule has 1 fully saturated rings. The highest BCUT2D eigenvalue weighted by molar-refractivity contribution is 5.50. The number of hydrogen-bond donors (Lipinski definition) is 1. The zero-order chi connectivity index (χ0) is 14.8. The Morgan fingerprint density at radius 1 is 1.40 bits per heavy atom. The van der Waals surface area contributed by atoms with E-state index in [4.69, 9.17) is 9.72 Å². The van der Waals surface area contributed by atoms with Crippen LogP contribution >= 0.6 is 0 Å². The van der Waals surface area contributed by atoms with Crippen LogP contribution in [0.25, 0.3) is 0 Å². The van der Waals surface area contributed by atoms with Gasteiger partial charge in [0.25, 0.3) is 0 Å². The Hall–Kier alpha value is -1.36. The molecule has 1 aromatic rings. The molecule has 0 spiro atoms. The largest absolute Gasteiger partial charge is 0.379 e. The van der Waals surface area contributed by atoms with Crippen LogP contribution in [0.3, 0.4) is 0 Å². The fourth-order valence-corrected chi connectivity index (χ4v) is 2.24. The third-order valence-electron chi connectivity index (χ3n) is 3.56. The highest BCUT2D eigenvalue weighted by Crippen LogP contribution is 2.25. The molecule has 1 aromatic heterocycles. The fraction of sp³-hybridized carbons (Fsp3) is 0.733. The number of hydrogen-bond acceptors (Lipinski definition) is 5. The van der Waals surface area contributed by atoms with Gasteiger partial charge in [-0.15, -0.1) is 0 Å². The van der Waals surface area contributed by atoms with Gasteiger partial charge < -0.3 is 15.0 Å². The lowest BCUT2D eigenvalue weighted by atomic mass is 9.95. The first-order valence-corrected chi connectivity index (χ1v) is 7.36. The van der Waals surface area contributed by atoms with Crippen LogP contribution in [0, 0.1) is 0 Å². The molecule has 20 heavy (non-hydrogen) atoms. The topological polar surface area (TPSA) is 50.3 Å². The third kappa shape index (κ3) is 3.39. The van der Waals surface area contributed by atoms with Gasteiger partial charge in [0.2, 0.25) is 0 Å². The molecule has 0 amide bonds. The molecule has 1 aliphatic heterocycles. The van der Waals surface area contributed by atoms with Crippen molar-refractivity contribution in [3.63, 3.8) is 0 Å². The fourth-order valence-electron chi connectivity index (χ4n) is 2.24. The summed E-state index contributed by atoms with van der Waals surface area (Å²) in [6.07, 6.45) is 1.06. The Morgan fingerprint density at radius 2 is 2.15 bits per heavy atom. The Bertz CT molecular complexity index is 450. The lowest BCUT2D eigenvalue weighted by Gasteiger charge is -2.27. The van der Waals surface area contributed by atoms with Crippen LogP contribution in [0.5, 0.6) is 0 Å². The number of anilines is 2. The molecule has 1 atom stereocenters. The van der Waals surface area contributed by atoms with E-state index in [1.165, 1.54) is 0 Å². The number of aromatic nitrogens is 2. The van der Waals surface area contributed by atoms with Gasteiger partial charge in [0.05, 0.1) is 12.6 Å². The molecule has 0 saturated carbocycles. The molecule has 0 aromatic carbocycles. The number of likely N-dealkylation sites (N-methyl/N-ethyl adjacent to an activating group) is 1. The van der Waals surface area contributed by atoms with E-state index in [9.17, 15) is 0 Å². The van der Waals surface area contributed by atoms with Gasteiger partial charge in [-0.05, 0) is 13.3 Å². The van der Waals surface area contributed by atoms with E-state index in [1.54, 1.807) is 0 Å². The smallest absolute Gasteiger partial charge is 0.138 e. The molecule has 2 heterocycles. The lowest BCUT2D eigenvalue weighted by molar-refractivity contribution is 0.193. The summed E-state index contributed by atoms with van der Waals surface area (Å²) in [7, 11) is 2.09. The molecule has 1 aliphatic rings. The predicted octanol–water partition coefficient (Wildman–Crippen LogP) is 2.43. The summed E-state index contributed by atoms with van der Waals surface area (Å²) in [4.78, 5) is 11.6. The molecule has 1 saturated heterocycles. The van der Waals surface area contributed by atoms with E-state index in [1.807, 2.05) is 6.07 Å². The van der Waals surface area contributed by atoms with Gasteiger partial charge in [0.15, 0.2) is 0 Å². The second kappa shape index (κ2) is 5.95. The molecular formula is C15H26N4O. The first-order chi connectivity index (χ1) is 9.41. The predicted molar refractivity (Wildman–Crippen MR) is 82.5 cm³/mol. The zero-order valence-electron chi connectivity index (χ0n) is 13.2. The van der Waals surface area contributed by atoms with Crippen LogP contribution in [0.4, 0.5) is 11.6 Å². The standard InChI is InChI=1S/C15H26N4O/c1-6-16-12-9-13(18-14(17-12)15(2,3)4)19(5)11-7-8-20-10-11/h9,11H,6-8,10H2,1-5H3,(H,16,17,18). The molecule has 5 heteroatoms. The molecule has 5 nitrogen and oxygen atoms in total. The van der Waals surface area contributed by atoms with Gasteiger partial charge in [0.1, 0.15) is 17.5 Å². The van der Waals surface area contributed by atoms with Crippen LogP contribution in [0.1, 0.15) is 39.9 Å². The van der Waals surface area contributed by atoms with Gasteiger partial charge >= 0.3 is 0 Å². The highest BCUT2D eigenvalue weighted by Gasteiger charge is 2.24. The van der Waals surface area contributed by atoms with Crippen LogP contribution in [-0.2, 0) is 10.2 Å². The summed E-state index contributed by atoms with van der Waals surface area (Å²) < 4.78 is 5.47. The van der Waals surface area contributed by atoms with Crippen molar-refractivity contribution in [2.45, 2.75) is 45.6 Å². The van der Waals surface area contributed by atoms with Crippen molar-refractivity contribution < 1.29 is 4.74 Å². The molecule has 0 aliphatic carbocycles. The SMILES string of the molecule is CCNc1cc(N(C)C2CCOC2)nc(C(C)(C)C)n1. The van der Waals surface area contributed by atoms with Gasteiger partial charge in [-0.1, -0.05) is 20.8 Å². The van der Waals surface area contributed by atoms with Gasteiger partial charge in [0, 0.05) is 31.7 Å². The summed E-state index contributed by atoms with van der Waals surface area (Å²) in [6, 6.07) is 2.43. The highest BCUT2D eigenvalue weighted by atomic mass is 16.5. The normalized spacial score (nSPS) is 19.1. The molecule has 0 radical (unpaired) electrons. The molecule has 1 unspecified atom stereocenters. The summed E-state index contributed by atoms with van der Waals surface area (Å²) in [5, 5.41) is 3.30. The molecule has 1 N–H and O–H groups in total. The Kier molecular flexibility index (Phi) is 4.48. The molecular weight excluding hydrogens is 252 g/mol. The summed E-state index contributed by atoms with van der Waals surface area (Å²) in [6.45, 7) is 11.0. The second-order valence-corrected chi connectivity index (χ2v) is 6.34. The van der Waals surface area contributed by atoms with Gasteiger partial charge in [-0.2, -0.15) is 0 Å². The Labute approximate surface area is 121 Å². The van der Waals surface area contributed by atoms with Crippen molar-refractivity contribution in [1.82, 2.24) is 9.97 Å². The molecule has 2 rings (SSSR count). The van der Waals surface area contributed by atoms with Crippen molar-refractivity contribution in [3.8, 4) is 0 Å². The maximum Gasteiger partial charge on any atom is 0.138 e. The molecule has 0 bridgehead atoms. The number of nitrogens with one attached hydrogen (secondary N) is 1. The van der Waals surface area contributed by atoms with Crippen LogP contribution < -0.4 is 10.2 Å². The van der Waals surface area contributed by atoms with Crippen molar-refractivity contribution in [2.75, 3.05) is 37.0 Å². The van der Waals surface area contributed by atoms with Crippen LogP contribution in [0.15, 0.2) is 6.07 Å². The van der Waals surface area contributed by atoms with E-state index in [0.717, 1.165) is 43.6 Å². The maximum absolute atomic E-state index is 5.47. The van der Waals surface area contributed by atoms with Crippen LogP contribution in [0.2, 0.25) is 0 Å². The second-order valence-electron chi connectivity index (χ2n) is 6.34. The number of rotatable bonds is 4. The van der Waals surface area contributed by atoms with E-state index in [0.29, 0.717) is 6.04 Å². The Morgan fingerprint density at radius 3 is 2.70 bits per heavy atom. The minimum atomic E-state index is -0.0623. The lowest BCUT2D eigenvalue weighted by Crippen LogP contribution is -2.33.